The third-order valence-electron chi connectivity index (χ3n) is 4.22. The van der Waals surface area contributed by atoms with Gasteiger partial charge in [-0.3, -0.25) is 9.78 Å². The summed E-state index contributed by atoms with van der Waals surface area (Å²) >= 11 is 0. The summed E-state index contributed by atoms with van der Waals surface area (Å²) in [5.41, 5.74) is 2.82. The maximum atomic E-state index is 12.2. The van der Waals surface area contributed by atoms with Crippen LogP contribution in [-0.2, 0) is 0 Å². The zero-order valence-electron chi connectivity index (χ0n) is 17.0. The van der Waals surface area contributed by atoms with Crippen molar-refractivity contribution >= 4 is 34.7 Å². The lowest BCUT2D eigenvalue weighted by atomic mass is 10.2. The summed E-state index contributed by atoms with van der Waals surface area (Å²) < 4.78 is 0. The van der Waals surface area contributed by atoms with Gasteiger partial charge < -0.3 is 16.0 Å². The number of aromatic nitrogens is 5. The van der Waals surface area contributed by atoms with Gasteiger partial charge in [-0.15, -0.1) is 0 Å². The van der Waals surface area contributed by atoms with Gasteiger partial charge in [0.15, 0.2) is 0 Å². The van der Waals surface area contributed by atoms with E-state index < -0.39 is 0 Å². The van der Waals surface area contributed by atoms with E-state index in [0.29, 0.717) is 29.0 Å². The predicted octanol–water partition coefficient (Wildman–Crippen LogP) is 4.02. The Kier molecular flexibility index (Phi) is 5.75. The van der Waals surface area contributed by atoms with Crippen molar-refractivity contribution in [2.45, 2.75) is 13.8 Å². The summed E-state index contributed by atoms with van der Waals surface area (Å²) in [6.45, 7) is 3.83. The first-order valence-electron chi connectivity index (χ1n) is 9.55. The number of carbonyl (C=O) groups is 1. The molecule has 4 rings (SSSR count). The first kappa shape index (κ1) is 19.9. The topological polar surface area (TPSA) is 118 Å². The zero-order chi connectivity index (χ0) is 21.6. The molecule has 0 radical (unpaired) electrons. The summed E-state index contributed by atoms with van der Waals surface area (Å²) in [7, 11) is 0. The molecule has 0 saturated carbocycles. The Balaban J connectivity index is 1.44. The zero-order valence-corrected chi connectivity index (χ0v) is 17.0. The molecule has 154 valence electrons. The highest BCUT2D eigenvalue weighted by molar-refractivity contribution is 6.02. The van der Waals surface area contributed by atoms with Crippen LogP contribution < -0.4 is 16.0 Å². The van der Waals surface area contributed by atoms with Gasteiger partial charge in [0.05, 0.1) is 6.20 Å². The first-order valence-corrected chi connectivity index (χ1v) is 9.55. The number of anilines is 5. The van der Waals surface area contributed by atoms with Gasteiger partial charge in [-0.05, 0) is 55.8 Å². The van der Waals surface area contributed by atoms with Gasteiger partial charge in [0.2, 0.25) is 0 Å². The Bertz CT molecular complexity index is 1200. The van der Waals surface area contributed by atoms with E-state index in [1.165, 1.54) is 18.6 Å². The van der Waals surface area contributed by atoms with E-state index in [9.17, 15) is 4.79 Å². The van der Waals surface area contributed by atoms with Gasteiger partial charge in [0.25, 0.3) is 5.91 Å². The quantitative estimate of drug-likeness (QED) is 0.435. The van der Waals surface area contributed by atoms with Crippen molar-refractivity contribution in [2.24, 2.45) is 0 Å². The number of rotatable bonds is 6. The van der Waals surface area contributed by atoms with Crippen molar-refractivity contribution < 1.29 is 4.79 Å². The van der Waals surface area contributed by atoms with Crippen molar-refractivity contribution in [1.29, 1.82) is 0 Å². The van der Waals surface area contributed by atoms with Gasteiger partial charge in [0.1, 0.15) is 29.0 Å². The van der Waals surface area contributed by atoms with Crippen LogP contribution in [0.4, 0.5) is 28.8 Å². The summed E-state index contributed by atoms with van der Waals surface area (Å²) in [5, 5.41) is 9.23. The van der Waals surface area contributed by atoms with Gasteiger partial charge in [-0.25, -0.2) is 19.9 Å². The fourth-order valence-electron chi connectivity index (χ4n) is 2.83. The van der Waals surface area contributed by atoms with E-state index in [4.69, 9.17) is 0 Å². The largest absolute Gasteiger partial charge is 0.340 e. The molecule has 0 bridgehead atoms. The molecular weight excluding hydrogens is 392 g/mol. The molecule has 3 aromatic heterocycles. The van der Waals surface area contributed by atoms with E-state index >= 15 is 0 Å². The second-order valence-corrected chi connectivity index (χ2v) is 6.78. The number of hydrogen-bond donors (Lipinski definition) is 3. The summed E-state index contributed by atoms with van der Waals surface area (Å²) in [6, 6.07) is 13.0. The van der Waals surface area contributed by atoms with E-state index in [1.807, 2.05) is 38.1 Å². The highest BCUT2D eigenvalue weighted by atomic mass is 16.1. The van der Waals surface area contributed by atoms with E-state index in [0.717, 1.165) is 11.3 Å². The first-order chi connectivity index (χ1) is 15.0. The van der Waals surface area contributed by atoms with E-state index in [2.05, 4.69) is 40.9 Å². The molecule has 4 aromatic rings. The Morgan fingerprint density at radius 1 is 0.774 bits per heavy atom. The third kappa shape index (κ3) is 5.36. The minimum Gasteiger partial charge on any atom is -0.340 e. The van der Waals surface area contributed by atoms with Gasteiger partial charge in [0, 0.05) is 36.0 Å². The summed E-state index contributed by atoms with van der Waals surface area (Å²) in [4.78, 5) is 33.2. The molecule has 3 heterocycles. The number of aryl methyl sites for hydroxylation is 2. The highest BCUT2D eigenvalue weighted by Crippen LogP contribution is 2.21. The monoisotopic (exact) mass is 412 g/mol. The van der Waals surface area contributed by atoms with Crippen LogP contribution in [0.3, 0.4) is 0 Å². The molecule has 0 aliphatic rings. The number of carbonyl (C=O) groups excluding carboxylic acids is 1. The molecule has 0 aliphatic heterocycles. The van der Waals surface area contributed by atoms with Crippen molar-refractivity contribution in [3.05, 3.63) is 84.3 Å². The molecule has 31 heavy (non-hydrogen) atoms. The molecule has 0 atom stereocenters. The molecule has 0 saturated heterocycles. The molecule has 3 N–H and O–H groups in total. The molecule has 0 spiro atoms. The molecular formula is C22H20N8O. The summed E-state index contributed by atoms with van der Waals surface area (Å²) in [5.74, 6) is 2.29. The Labute approximate surface area is 179 Å². The molecule has 0 unspecified atom stereocenters. The molecule has 1 aromatic carbocycles. The number of pyridine rings is 1. The van der Waals surface area contributed by atoms with Crippen LogP contribution in [0.15, 0.2) is 67.3 Å². The second-order valence-electron chi connectivity index (χ2n) is 6.78. The van der Waals surface area contributed by atoms with Crippen LogP contribution in [0.25, 0.3) is 0 Å². The lowest BCUT2D eigenvalue weighted by Crippen LogP contribution is -2.13. The number of hydrogen-bond acceptors (Lipinski definition) is 8. The van der Waals surface area contributed by atoms with Crippen molar-refractivity contribution in [2.75, 3.05) is 16.0 Å². The average molecular weight is 412 g/mol. The third-order valence-corrected chi connectivity index (χ3v) is 4.22. The van der Waals surface area contributed by atoms with E-state index in [-0.39, 0.29) is 11.6 Å². The van der Waals surface area contributed by atoms with Gasteiger partial charge in [-0.2, -0.15) is 0 Å². The Hall–Kier alpha value is -4.40. The molecule has 1 amide bonds. The van der Waals surface area contributed by atoms with Crippen LogP contribution in [0.2, 0.25) is 0 Å². The van der Waals surface area contributed by atoms with Crippen molar-refractivity contribution in [3.8, 4) is 0 Å². The number of amides is 1. The Morgan fingerprint density at radius 3 is 2.23 bits per heavy atom. The minimum absolute atomic E-state index is 0.254. The SMILES string of the molecule is Cc1ccnc(Nc2cc(Nc3ccc(NC(=O)c4cnccn4)cc3)nc(C)n2)c1. The fraction of sp³-hybridized carbons (Fsp3) is 0.0909. The van der Waals surface area contributed by atoms with Crippen LogP contribution in [-0.4, -0.2) is 30.8 Å². The van der Waals surface area contributed by atoms with Gasteiger partial charge >= 0.3 is 0 Å². The number of benzene rings is 1. The van der Waals surface area contributed by atoms with Crippen LogP contribution in [0, 0.1) is 13.8 Å². The van der Waals surface area contributed by atoms with E-state index in [1.54, 1.807) is 24.4 Å². The number of nitrogens with one attached hydrogen (secondary N) is 3. The number of nitrogens with zero attached hydrogens (tertiary/aromatic N) is 5. The van der Waals surface area contributed by atoms with Crippen LogP contribution >= 0.6 is 0 Å². The predicted molar refractivity (Wildman–Crippen MR) is 119 cm³/mol. The smallest absolute Gasteiger partial charge is 0.275 e. The minimum atomic E-state index is -0.319. The standard InChI is InChI=1S/C22H20N8O/c1-14-7-8-25-19(11-14)30-21-12-20(26-15(2)27-21)28-16-3-5-17(6-4-16)29-22(31)18-13-23-9-10-24-18/h3-13H,1-2H3,(H,29,31)(H2,25,26,27,28,30). The highest BCUT2D eigenvalue weighted by Gasteiger charge is 2.08. The summed E-state index contributed by atoms with van der Waals surface area (Å²) in [6.07, 6.45) is 6.16. The Morgan fingerprint density at radius 2 is 1.52 bits per heavy atom. The average Bonchev–Trinajstić information content (AvgIpc) is 2.75. The van der Waals surface area contributed by atoms with Crippen LogP contribution in [0.1, 0.15) is 21.9 Å². The maximum Gasteiger partial charge on any atom is 0.275 e. The second kappa shape index (κ2) is 8.95. The van der Waals surface area contributed by atoms with Crippen molar-refractivity contribution in [3.63, 3.8) is 0 Å². The molecule has 9 heteroatoms. The molecule has 0 aliphatic carbocycles. The van der Waals surface area contributed by atoms with Crippen molar-refractivity contribution in [1.82, 2.24) is 24.9 Å². The van der Waals surface area contributed by atoms with Crippen LogP contribution in [0.5, 0.6) is 0 Å². The van der Waals surface area contributed by atoms with Gasteiger partial charge in [-0.1, -0.05) is 0 Å². The lowest BCUT2D eigenvalue weighted by molar-refractivity contribution is 0.102. The molecule has 0 fully saturated rings. The fourth-order valence-corrected chi connectivity index (χ4v) is 2.83. The lowest BCUT2D eigenvalue weighted by Gasteiger charge is -2.11. The normalized spacial score (nSPS) is 10.4. The maximum absolute atomic E-state index is 12.2. The molecule has 9 nitrogen and oxygen atoms in total.